The first kappa shape index (κ1) is 87.3. The average Bonchev–Trinajstić information content (AvgIpc) is 1.54. The summed E-state index contributed by atoms with van der Waals surface area (Å²) in [6, 6.07) is 164. The highest BCUT2D eigenvalue weighted by atomic mass is 32.1. The summed E-state index contributed by atoms with van der Waals surface area (Å²) in [4.78, 5) is 64.2. The fourth-order valence-corrected chi connectivity index (χ4v) is 22.7. The minimum absolute atomic E-state index is 0.656. The number of aromatic nitrogens is 13. The lowest BCUT2D eigenvalue weighted by atomic mass is 10.0. The van der Waals surface area contributed by atoms with Gasteiger partial charge in [-0.05, 0) is 94.3 Å². The van der Waals surface area contributed by atoms with Gasteiger partial charge in [0.15, 0.2) is 29.1 Å². The monoisotopic (exact) mass is 1910 g/mol. The van der Waals surface area contributed by atoms with Crippen LogP contribution in [0.5, 0.6) is 0 Å². The quantitative estimate of drug-likeness (QED) is 0.101. The number of nitrogens with zero attached hydrogens (tertiary/aromatic N) is 13. The fraction of sp³-hybridized carbons (Fsp3) is 0. The van der Waals surface area contributed by atoms with Crippen molar-refractivity contribution in [1.82, 2.24) is 64.8 Å². The van der Waals surface area contributed by atoms with Gasteiger partial charge in [-0.25, -0.2) is 64.8 Å². The van der Waals surface area contributed by atoms with Crippen LogP contribution in [0.15, 0.2) is 479 Å². The van der Waals surface area contributed by atoms with Crippen molar-refractivity contribution in [3.63, 3.8) is 0 Å². The van der Waals surface area contributed by atoms with Crippen molar-refractivity contribution in [2.45, 2.75) is 0 Å². The van der Waals surface area contributed by atoms with Crippen molar-refractivity contribution in [2.24, 2.45) is 0 Å². The first-order chi connectivity index (χ1) is 71.3. The Kier molecular flexibility index (Phi) is 23.6. The van der Waals surface area contributed by atoms with Gasteiger partial charge < -0.3 is 0 Å². The second-order valence-corrected chi connectivity index (χ2v) is 38.7. The van der Waals surface area contributed by atoms with Crippen molar-refractivity contribution in [3.05, 3.63) is 479 Å². The molecule has 0 N–H and O–H groups in total. The van der Waals surface area contributed by atoms with Crippen molar-refractivity contribution in [1.29, 1.82) is 0 Å². The molecule has 0 spiro atoms. The Morgan fingerprint density at radius 3 is 0.715 bits per heavy atom. The topological polar surface area (TPSA) is 168 Å². The van der Waals surface area contributed by atoms with Gasteiger partial charge >= 0.3 is 0 Å². The van der Waals surface area contributed by atoms with Crippen molar-refractivity contribution >= 4 is 151 Å². The van der Waals surface area contributed by atoms with Crippen LogP contribution in [0, 0.1) is 0 Å². The third kappa shape index (κ3) is 17.8. The minimum atomic E-state index is 0.656. The zero-order chi connectivity index (χ0) is 95.6. The summed E-state index contributed by atoms with van der Waals surface area (Å²) in [6.07, 6.45) is 0. The van der Waals surface area contributed by atoms with Gasteiger partial charge in [0.25, 0.3) is 0 Å². The molecule has 0 aliphatic heterocycles. The van der Waals surface area contributed by atoms with Crippen LogP contribution in [0.1, 0.15) is 0 Å². The predicted molar refractivity (Wildman–Crippen MR) is 600 cm³/mol. The molecule has 144 heavy (non-hydrogen) atoms. The molecule has 676 valence electrons. The molecule has 13 nitrogen and oxygen atoms in total. The lowest BCUT2D eigenvalue weighted by Gasteiger charge is -2.11. The zero-order valence-electron chi connectivity index (χ0n) is 77.1. The maximum absolute atomic E-state index is 5.06. The van der Waals surface area contributed by atoms with E-state index in [4.69, 9.17) is 64.8 Å². The summed E-state index contributed by atoms with van der Waals surface area (Å²) in [5, 5.41) is 14.6. The molecule has 17 heteroatoms. The number of fused-ring (bicyclic) bond motifs is 14. The zero-order valence-corrected chi connectivity index (χ0v) is 80.3. The number of hydrogen-bond donors (Lipinski definition) is 0. The summed E-state index contributed by atoms with van der Waals surface area (Å²) in [7, 11) is 0. The Hall–Kier alpha value is -18.2. The molecule has 0 aliphatic carbocycles. The molecular formula is C127H79N13S4. The molecule has 0 amide bonds. The average molecular weight is 1920 g/mol. The van der Waals surface area contributed by atoms with Crippen LogP contribution in [0.3, 0.4) is 0 Å². The van der Waals surface area contributed by atoms with E-state index in [-0.39, 0.29) is 0 Å². The van der Waals surface area contributed by atoms with Gasteiger partial charge in [-0.15, -0.1) is 45.3 Å². The van der Waals surface area contributed by atoms with Gasteiger partial charge in [-0.1, -0.05) is 406 Å². The van der Waals surface area contributed by atoms with Crippen LogP contribution in [-0.2, 0) is 0 Å². The number of para-hydroxylation sites is 3. The number of benzene rings is 20. The Labute approximate surface area is 844 Å². The van der Waals surface area contributed by atoms with Crippen LogP contribution >= 0.6 is 45.3 Å². The molecule has 20 aromatic carbocycles. The van der Waals surface area contributed by atoms with Crippen molar-refractivity contribution < 1.29 is 0 Å². The molecule has 28 rings (SSSR count). The van der Waals surface area contributed by atoms with E-state index in [2.05, 4.69) is 273 Å². The normalized spacial score (nSPS) is 11.3. The maximum atomic E-state index is 5.06. The Balaban J connectivity index is 0.000000101. The molecular weight excluding hydrogens is 1840 g/mol. The Morgan fingerprint density at radius 2 is 0.375 bits per heavy atom. The smallest absolute Gasteiger partial charge is 0.164 e. The first-order valence-electron chi connectivity index (χ1n) is 47.4. The molecule has 0 saturated carbocycles. The third-order valence-corrected chi connectivity index (χ3v) is 30.1. The van der Waals surface area contributed by atoms with Gasteiger partial charge in [0.2, 0.25) is 0 Å². The summed E-state index contributed by atoms with van der Waals surface area (Å²) in [5.41, 5.74) is 26.2. The Bertz CT molecular complexity index is 9230. The largest absolute Gasteiger partial charge is 0.244 e. The van der Waals surface area contributed by atoms with E-state index >= 15 is 0 Å². The molecule has 0 aliphatic rings. The van der Waals surface area contributed by atoms with E-state index in [9.17, 15) is 0 Å². The standard InChI is InChI=1S/C33H21N3S.C32H20N4S.2C31H19N3S/c1-4-10-22(11-5-1)29-21-30(23-12-6-2-7-13-23)35-32(34-29)26-16-18-27-25(20-26)17-19-28-31(27)37-33(36-28)24-14-8-3-9-15-24;1-4-10-21(11-5-1)29-34-30(22-12-6-2-7-13-22)36-31(35-29)25-16-18-26-24(20-25)17-19-27-28(26)37-32(33-27)23-14-8-3-9-15-23;1-3-9-20(10-4-1)28-29(33-26-14-8-7-13-25(26)32-28)23-15-17-24-22(19-23)16-18-27-30(24)35-31(34-27)21-11-5-2-6-12-21;1-3-9-20(10-4-1)28-25-13-7-8-14-26(25)32-30(34-28)23-15-17-24-22(19-23)16-18-27-29(24)35-31(33-27)21-11-5-2-6-12-21/h1-21H;1-20H;2*1-19H. The van der Waals surface area contributed by atoms with Crippen molar-refractivity contribution in [3.8, 4) is 156 Å². The summed E-state index contributed by atoms with van der Waals surface area (Å²) in [5.74, 6) is 3.43. The second-order valence-electron chi connectivity index (χ2n) is 34.7. The van der Waals surface area contributed by atoms with Crippen LogP contribution in [0.4, 0.5) is 0 Å². The van der Waals surface area contributed by atoms with Crippen LogP contribution in [0.25, 0.3) is 261 Å². The Morgan fingerprint density at radius 1 is 0.125 bits per heavy atom. The number of rotatable bonds is 14. The lowest BCUT2D eigenvalue weighted by molar-refractivity contribution is 1.07. The molecule has 0 saturated heterocycles. The second kappa shape index (κ2) is 38.9. The lowest BCUT2D eigenvalue weighted by Crippen LogP contribution is -2.00. The van der Waals surface area contributed by atoms with E-state index in [1.54, 1.807) is 45.3 Å². The molecule has 0 bridgehead atoms. The third-order valence-electron chi connectivity index (χ3n) is 25.4. The van der Waals surface area contributed by atoms with E-state index in [1.165, 1.54) is 45.7 Å². The highest BCUT2D eigenvalue weighted by Gasteiger charge is 2.23. The molecule has 0 unspecified atom stereocenters. The van der Waals surface area contributed by atoms with Gasteiger partial charge in [-0.2, -0.15) is 0 Å². The van der Waals surface area contributed by atoms with Gasteiger partial charge in [-0.3, -0.25) is 0 Å². The van der Waals surface area contributed by atoms with Crippen molar-refractivity contribution in [2.75, 3.05) is 0 Å². The molecule has 8 heterocycles. The maximum Gasteiger partial charge on any atom is 0.164 e. The molecule has 28 aromatic rings. The fourth-order valence-electron chi connectivity index (χ4n) is 18.3. The SMILES string of the molecule is c1ccc(-c2cc(-c3ccccc3)nc(-c3ccc4c(ccc5nc(-c6ccccc6)sc54)c3)n2)cc1.c1ccc(-c2nc(-c3ccccc3)nc(-c3ccc4c(ccc5nc(-c6ccccc6)sc54)c3)n2)cc1.c1ccc(-c2nc3ccc4cc(-c5nc(-c6ccccc6)c6ccccc6n5)ccc4c3s2)cc1.c1ccc(-c2nc3ccc4cc(-c5nc6ccccc6nc5-c5ccccc5)ccc4c3s2)cc1. The number of hydrogen-bond acceptors (Lipinski definition) is 17. The molecule has 0 radical (unpaired) electrons. The van der Waals surface area contributed by atoms with E-state index in [0.29, 0.717) is 17.5 Å². The van der Waals surface area contributed by atoms with Gasteiger partial charge in [0.05, 0.1) is 85.9 Å². The first-order valence-corrected chi connectivity index (χ1v) is 50.6. The molecule has 0 fully saturated rings. The van der Waals surface area contributed by atoms with Gasteiger partial charge in [0, 0.05) is 105 Å². The van der Waals surface area contributed by atoms with Crippen LogP contribution in [0.2, 0.25) is 0 Å². The van der Waals surface area contributed by atoms with E-state index in [0.717, 1.165) is 198 Å². The summed E-state index contributed by atoms with van der Waals surface area (Å²) < 4.78 is 4.80. The van der Waals surface area contributed by atoms with Gasteiger partial charge in [0.1, 0.15) is 20.0 Å². The summed E-state index contributed by atoms with van der Waals surface area (Å²) in [6.45, 7) is 0. The number of thiazole rings is 4. The minimum Gasteiger partial charge on any atom is -0.244 e. The highest BCUT2D eigenvalue weighted by Crippen LogP contribution is 2.45. The predicted octanol–water partition coefficient (Wildman–Crippen LogP) is 34.0. The van der Waals surface area contributed by atoms with Crippen LogP contribution in [-0.4, -0.2) is 64.8 Å². The molecule has 8 aromatic heterocycles. The van der Waals surface area contributed by atoms with E-state index in [1.807, 2.05) is 206 Å². The van der Waals surface area contributed by atoms with E-state index < -0.39 is 0 Å². The highest BCUT2D eigenvalue weighted by molar-refractivity contribution is 7.24. The summed E-state index contributed by atoms with van der Waals surface area (Å²) >= 11 is 6.95. The van der Waals surface area contributed by atoms with Crippen LogP contribution < -0.4 is 0 Å². The molecule has 0 atom stereocenters.